The molecule has 0 aliphatic rings. The van der Waals surface area contributed by atoms with Gasteiger partial charge in [0.2, 0.25) is 5.91 Å². The second-order valence-corrected chi connectivity index (χ2v) is 6.40. The van der Waals surface area contributed by atoms with Gasteiger partial charge in [-0.15, -0.1) is 0 Å². The molecule has 0 aromatic heterocycles. The molecule has 0 saturated carbocycles. The summed E-state index contributed by atoms with van der Waals surface area (Å²) < 4.78 is 24.1. The fourth-order valence-corrected chi connectivity index (χ4v) is 2.61. The van der Waals surface area contributed by atoms with Gasteiger partial charge >= 0.3 is 0 Å². The first-order valence-electron chi connectivity index (χ1n) is 8.24. The van der Waals surface area contributed by atoms with E-state index in [0.29, 0.717) is 29.1 Å². The Bertz CT molecular complexity index is 801. The first-order valence-corrected chi connectivity index (χ1v) is 9.04. The van der Waals surface area contributed by atoms with E-state index in [1.807, 2.05) is 0 Å². The van der Waals surface area contributed by atoms with Crippen LogP contribution >= 0.6 is 15.9 Å². The van der Waals surface area contributed by atoms with Crippen molar-refractivity contribution in [2.45, 2.75) is 6.42 Å². The maximum atomic E-state index is 13.2. The van der Waals surface area contributed by atoms with Crippen LogP contribution in [-0.4, -0.2) is 38.7 Å². The number of carbonyl (C=O) groups excluding carboxylic acids is 2. The average Bonchev–Trinajstić information content (AvgIpc) is 2.64. The highest BCUT2D eigenvalue weighted by atomic mass is 79.9. The molecule has 6 nitrogen and oxygen atoms in total. The van der Waals surface area contributed by atoms with E-state index in [1.165, 1.54) is 12.1 Å². The Kier molecular flexibility index (Phi) is 8.22. The van der Waals surface area contributed by atoms with E-state index in [4.69, 9.17) is 9.47 Å². The van der Waals surface area contributed by atoms with Crippen molar-refractivity contribution in [2.75, 3.05) is 32.2 Å². The van der Waals surface area contributed by atoms with Crippen LogP contribution in [-0.2, 0) is 9.53 Å². The molecule has 2 rings (SSSR count). The summed E-state index contributed by atoms with van der Waals surface area (Å²) in [6.07, 6.45) is 0.0768. The SMILES string of the molecule is COCCOc1cccc(NC(=O)CCNC(=O)c2cc(F)ccc2Br)c1. The van der Waals surface area contributed by atoms with Gasteiger partial charge in [0.1, 0.15) is 18.2 Å². The van der Waals surface area contributed by atoms with Crippen LogP contribution in [0.4, 0.5) is 10.1 Å². The summed E-state index contributed by atoms with van der Waals surface area (Å²) in [6.45, 7) is 1.00. The summed E-state index contributed by atoms with van der Waals surface area (Å²) >= 11 is 3.20. The molecule has 0 saturated heterocycles. The molecule has 0 atom stereocenters. The molecule has 0 spiro atoms. The normalized spacial score (nSPS) is 10.3. The fourth-order valence-electron chi connectivity index (χ4n) is 2.19. The number of hydrogen-bond acceptors (Lipinski definition) is 4. The lowest BCUT2D eigenvalue weighted by Gasteiger charge is -2.10. The zero-order valence-corrected chi connectivity index (χ0v) is 16.3. The molecule has 0 bridgehead atoms. The second-order valence-electron chi connectivity index (χ2n) is 5.55. The quantitative estimate of drug-likeness (QED) is 0.588. The molecule has 2 aromatic carbocycles. The van der Waals surface area contributed by atoms with Gasteiger partial charge in [0.05, 0.1) is 12.2 Å². The molecule has 0 unspecified atom stereocenters. The Balaban J connectivity index is 1.80. The van der Waals surface area contributed by atoms with Crippen LogP contribution in [0, 0.1) is 5.82 Å². The van der Waals surface area contributed by atoms with E-state index in [1.54, 1.807) is 31.4 Å². The van der Waals surface area contributed by atoms with E-state index < -0.39 is 11.7 Å². The van der Waals surface area contributed by atoms with Gasteiger partial charge in [0, 0.05) is 36.3 Å². The highest BCUT2D eigenvalue weighted by molar-refractivity contribution is 9.10. The van der Waals surface area contributed by atoms with Gasteiger partial charge in [0.15, 0.2) is 0 Å². The number of ether oxygens (including phenoxy) is 2. The summed E-state index contributed by atoms with van der Waals surface area (Å²) in [5, 5.41) is 5.33. The number of rotatable bonds is 9. The minimum atomic E-state index is -0.506. The van der Waals surface area contributed by atoms with Crippen LogP contribution in [0.5, 0.6) is 5.75 Å². The predicted molar refractivity (Wildman–Crippen MR) is 103 cm³/mol. The van der Waals surface area contributed by atoms with Crippen LogP contribution in [0.2, 0.25) is 0 Å². The van der Waals surface area contributed by atoms with E-state index in [9.17, 15) is 14.0 Å². The zero-order chi connectivity index (χ0) is 19.6. The van der Waals surface area contributed by atoms with Crippen molar-refractivity contribution < 1.29 is 23.5 Å². The summed E-state index contributed by atoms with van der Waals surface area (Å²) in [6, 6.07) is 10.8. The van der Waals surface area contributed by atoms with Crippen LogP contribution in [0.3, 0.4) is 0 Å². The van der Waals surface area contributed by atoms with Gasteiger partial charge in [0.25, 0.3) is 5.91 Å². The third-order valence-electron chi connectivity index (χ3n) is 3.48. The Morgan fingerprint density at radius 3 is 2.74 bits per heavy atom. The number of amides is 2. The minimum Gasteiger partial charge on any atom is -0.491 e. The topological polar surface area (TPSA) is 76.7 Å². The van der Waals surface area contributed by atoms with Crippen molar-refractivity contribution in [3.63, 3.8) is 0 Å². The smallest absolute Gasteiger partial charge is 0.252 e. The van der Waals surface area contributed by atoms with Gasteiger partial charge < -0.3 is 20.1 Å². The summed E-state index contributed by atoms with van der Waals surface area (Å²) in [5.74, 6) is -0.604. The Hall–Kier alpha value is -2.45. The van der Waals surface area contributed by atoms with Crippen molar-refractivity contribution in [3.05, 3.63) is 58.3 Å². The minimum absolute atomic E-state index is 0.0768. The monoisotopic (exact) mass is 438 g/mol. The zero-order valence-electron chi connectivity index (χ0n) is 14.8. The van der Waals surface area contributed by atoms with Crippen LogP contribution < -0.4 is 15.4 Å². The molecule has 0 fully saturated rings. The van der Waals surface area contributed by atoms with Crippen molar-refractivity contribution in [1.29, 1.82) is 0 Å². The second kappa shape index (κ2) is 10.6. The molecule has 8 heteroatoms. The van der Waals surface area contributed by atoms with Gasteiger partial charge in [-0.05, 0) is 46.3 Å². The first-order chi connectivity index (χ1) is 13.0. The first kappa shape index (κ1) is 20.9. The van der Waals surface area contributed by atoms with Crippen molar-refractivity contribution in [2.24, 2.45) is 0 Å². The summed E-state index contributed by atoms with van der Waals surface area (Å²) in [7, 11) is 1.59. The maximum Gasteiger partial charge on any atom is 0.252 e. The standard InChI is InChI=1S/C19H20BrFN2O4/c1-26-9-10-27-15-4-2-3-14(12-15)23-18(24)7-8-22-19(25)16-11-13(21)5-6-17(16)20/h2-6,11-12H,7-10H2,1H3,(H,22,25)(H,23,24). The molecule has 0 heterocycles. The van der Waals surface area contributed by atoms with Crippen LogP contribution in [0.1, 0.15) is 16.8 Å². The number of halogens is 2. The Morgan fingerprint density at radius 2 is 1.96 bits per heavy atom. The lowest BCUT2D eigenvalue weighted by molar-refractivity contribution is -0.116. The van der Waals surface area contributed by atoms with E-state index in [-0.39, 0.29) is 24.4 Å². The van der Waals surface area contributed by atoms with Crippen molar-refractivity contribution in [1.82, 2.24) is 5.32 Å². The molecule has 0 aliphatic heterocycles. The number of hydrogen-bond donors (Lipinski definition) is 2. The third-order valence-corrected chi connectivity index (χ3v) is 4.18. The van der Waals surface area contributed by atoms with Crippen LogP contribution in [0.15, 0.2) is 46.9 Å². The molecule has 2 N–H and O–H groups in total. The fraction of sp³-hybridized carbons (Fsp3) is 0.263. The number of methoxy groups -OCH3 is 1. The molecule has 0 radical (unpaired) electrons. The van der Waals surface area contributed by atoms with E-state index >= 15 is 0 Å². The molecule has 144 valence electrons. The van der Waals surface area contributed by atoms with Crippen LogP contribution in [0.25, 0.3) is 0 Å². The van der Waals surface area contributed by atoms with Crippen molar-refractivity contribution in [3.8, 4) is 5.75 Å². The van der Waals surface area contributed by atoms with E-state index in [2.05, 4.69) is 26.6 Å². The number of anilines is 1. The Labute approximate surface area is 165 Å². The highest BCUT2D eigenvalue weighted by Gasteiger charge is 2.11. The molecule has 27 heavy (non-hydrogen) atoms. The molecule has 2 amide bonds. The van der Waals surface area contributed by atoms with Gasteiger partial charge in [-0.2, -0.15) is 0 Å². The van der Waals surface area contributed by atoms with Crippen molar-refractivity contribution >= 4 is 33.4 Å². The predicted octanol–water partition coefficient (Wildman–Crippen LogP) is 3.37. The lowest BCUT2D eigenvalue weighted by Crippen LogP contribution is -2.28. The number of carbonyl (C=O) groups is 2. The molecule has 0 aliphatic carbocycles. The lowest BCUT2D eigenvalue weighted by atomic mass is 10.2. The third kappa shape index (κ3) is 6.99. The molecular weight excluding hydrogens is 419 g/mol. The van der Waals surface area contributed by atoms with Gasteiger partial charge in [-0.25, -0.2) is 4.39 Å². The Morgan fingerprint density at radius 1 is 1.15 bits per heavy atom. The summed E-state index contributed by atoms with van der Waals surface area (Å²) in [4.78, 5) is 24.1. The van der Waals surface area contributed by atoms with Gasteiger partial charge in [-0.1, -0.05) is 6.07 Å². The molecule has 2 aromatic rings. The van der Waals surface area contributed by atoms with Gasteiger partial charge in [-0.3, -0.25) is 9.59 Å². The van der Waals surface area contributed by atoms with E-state index in [0.717, 1.165) is 6.07 Å². The summed E-state index contributed by atoms with van der Waals surface area (Å²) in [5.41, 5.74) is 0.769. The molecular formula is C19H20BrFN2O4. The largest absolute Gasteiger partial charge is 0.491 e. The maximum absolute atomic E-state index is 13.2. The number of benzene rings is 2. The average molecular weight is 439 g/mol. The highest BCUT2D eigenvalue weighted by Crippen LogP contribution is 2.18. The number of nitrogens with one attached hydrogen (secondary N) is 2.